The molecule has 1 heterocycles. The first-order valence-corrected chi connectivity index (χ1v) is 5.94. The van der Waals surface area contributed by atoms with Crippen LogP contribution in [0.25, 0.3) is 0 Å². The molecule has 1 fully saturated rings. The highest BCUT2D eigenvalue weighted by Gasteiger charge is 2.29. The van der Waals surface area contributed by atoms with E-state index in [2.05, 4.69) is 4.90 Å². The smallest absolute Gasteiger partial charge is 0.299 e. The van der Waals surface area contributed by atoms with Gasteiger partial charge in [0.1, 0.15) is 0 Å². The molecule has 0 bridgehead atoms. The van der Waals surface area contributed by atoms with Crippen LogP contribution in [0.4, 0.5) is 13.2 Å². The van der Waals surface area contributed by atoms with Crippen molar-refractivity contribution >= 4 is 12.4 Å². The second kappa shape index (κ2) is 6.43. The van der Waals surface area contributed by atoms with Gasteiger partial charge in [0, 0.05) is 6.54 Å². The monoisotopic (exact) mass is 279 g/mol. The van der Waals surface area contributed by atoms with Gasteiger partial charge in [-0.15, -0.1) is 12.4 Å². The van der Waals surface area contributed by atoms with Gasteiger partial charge in [-0.3, -0.25) is 4.90 Å². The van der Waals surface area contributed by atoms with Crippen LogP contribution in [-0.4, -0.2) is 18.0 Å². The van der Waals surface area contributed by atoms with Gasteiger partial charge in [0.15, 0.2) is 0 Å². The lowest BCUT2D eigenvalue weighted by Gasteiger charge is -2.26. The molecule has 0 saturated carbocycles. The maximum atomic E-state index is 12.4. The molecule has 0 aliphatic carbocycles. The van der Waals surface area contributed by atoms with Crippen LogP contribution >= 0.6 is 12.4 Å². The van der Waals surface area contributed by atoms with Crippen LogP contribution in [0, 0.1) is 0 Å². The van der Waals surface area contributed by atoms with Crippen LogP contribution in [0.3, 0.4) is 0 Å². The van der Waals surface area contributed by atoms with E-state index < -0.39 is 11.7 Å². The molecular formula is C13H17ClF3N. The topological polar surface area (TPSA) is 3.24 Å². The number of alkyl halides is 3. The van der Waals surface area contributed by atoms with E-state index in [1.54, 1.807) is 12.1 Å². The molecule has 1 aromatic carbocycles. The van der Waals surface area contributed by atoms with Gasteiger partial charge in [-0.05, 0) is 43.6 Å². The first-order chi connectivity index (χ1) is 8.05. The largest absolute Gasteiger partial charge is 0.416 e. The lowest BCUT2D eigenvalue weighted by molar-refractivity contribution is -0.137. The molecule has 1 aliphatic heterocycles. The summed E-state index contributed by atoms with van der Waals surface area (Å²) in [7, 11) is 0. The van der Waals surface area contributed by atoms with Crippen molar-refractivity contribution in [2.75, 3.05) is 13.1 Å². The van der Waals surface area contributed by atoms with E-state index in [9.17, 15) is 13.2 Å². The normalized spacial score (nSPS) is 17.3. The third kappa shape index (κ3) is 4.18. The maximum Gasteiger partial charge on any atom is 0.416 e. The average molecular weight is 280 g/mol. The van der Waals surface area contributed by atoms with E-state index >= 15 is 0 Å². The Labute approximate surface area is 111 Å². The predicted molar refractivity (Wildman–Crippen MR) is 67.8 cm³/mol. The number of hydrogen-bond donors (Lipinski definition) is 0. The van der Waals surface area contributed by atoms with E-state index in [-0.39, 0.29) is 12.4 Å². The Morgan fingerprint density at radius 1 is 0.944 bits per heavy atom. The van der Waals surface area contributed by atoms with Gasteiger partial charge in [0.05, 0.1) is 5.56 Å². The Morgan fingerprint density at radius 2 is 1.50 bits per heavy atom. The summed E-state index contributed by atoms with van der Waals surface area (Å²) in [6, 6.07) is 5.49. The number of benzene rings is 1. The molecule has 0 aromatic heterocycles. The highest BCUT2D eigenvalue weighted by atomic mass is 35.5. The molecule has 102 valence electrons. The molecule has 1 nitrogen and oxygen atoms in total. The first-order valence-electron chi connectivity index (χ1n) is 5.94. The molecule has 2 rings (SSSR count). The summed E-state index contributed by atoms with van der Waals surface area (Å²) in [5.41, 5.74) is 0.389. The van der Waals surface area contributed by atoms with Crippen LogP contribution in [0.15, 0.2) is 24.3 Å². The summed E-state index contributed by atoms with van der Waals surface area (Å²) in [4.78, 5) is 2.30. The Hall–Kier alpha value is -0.740. The molecule has 5 heteroatoms. The van der Waals surface area contributed by atoms with Gasteiger partial charge < -0.3 is 0 Å². The second-order valence-electron chi connectivity index (χ2n) is 4.53. The van der Waals surface area contributed by atoms with Crippen molar-refractivity contribution in [2.45, 2.75) is 32.0 Å². The molecule has 1 saturated heterocycles. The van der Waals surface area contributed by atoms with E-state index in [0.717, 1.165) is 25.2 Å². The summed E-state index contributed by atoms with van der Waals surface area (Å²) in [6.45, 7) is 2.88. The Kier molecular flexibility index (Phi) is 5.47. The first kappa shape index (κ1) is 15.3. The van der Waals surface area contributed by atoms with Crippen molar-refractivity contribution in [3.63, 3.8) is 0 Å². The highest BCUT2D eigenvalue weighted by Crippen LogP contribution is 2.29. The van der Waals surface area contributed by atoms with Crippen molar-refractivity contribution in [1.82, 2.24) is 4.90 Å². The number of halogens is 4. The lowest BCUT2D eigenvalue weighted by atomic mass is 10.1. The molecule has 1 aliphatic rings. The SMILES string of the molecule is Cl.FC(F)(F)c1ccc(CN2CCCCC2)cc1. The minimum atomic E-state index is -4.23. The van der Waals surface area contributed by atoms with Gasteiger partial charge in [0.25, 0.3) is 0 Å². The summed E-state index contributed by atoms with van der Waals surface area (Å²) >= 11 is 0. The molecule has 18 heavy (non-hydrogen) atoms. The van der Waals surface area contributed by atoms with Crippen molar-refractivity contribution in [3.8, 4) is 0 Å². The molecule has 0 spiro atoms. The highest BCUT2D eigenvalue weighted by molar-refractivity contribution is 5.85. The molecule has 0 radical (unpaired) electrons. The van der Waals surface area contributed by atoms with Crippen molar-refractivity contribution in [1.29, 1.82) is 0 Å². The molecule has 0 N–H and O–H groups in total. The van der Waals surface area contributed by atoms with Gasteiger partial charge in [0.2, 0.25) is 0 Å². The van der Waals surface area contributed by atoms with Crippen LogP contribution in [0.5, 0.6) is 0 Å². The van der Waals surface area contributed by atoms with Crippen LogP contribution < -0.4 is 0 Å². The minimum absolute atomic E-state index is 0. The van der Waals surface area contributed by atoms with Gasteiger partial charge in [-0.25, -0.2) is 0 Å². The Morgan fingerprint density at radius 3 is 2.00 bits per heavy atom. The third-order valence-electron chi connectivity index (χ3n) is 3.14. The van der Waals surface area contributed by atoms with Crippen LogP contribution in [0.2, 0.25) is 0 Å². The second-order valence-corrected chi connectivity index (χ2v) is 4.53. The van der Waals surface area contributed by atoms with Crippen molar-refractivity contribution in [3.05, 3.63) is 35.4 Å². The van der Waals surface area contributed by atoms with Crippen LogP contribution in [0.1, 0.15) is 30.4 Å². The third-order valence-corrected chi connectivity index (χ3v) is 3.14. The van der Waals surface area contributed by atoms with Crippen molar-refractivity contribution in [2.24, 2.45) is 0 Å². The number of hydrogen-bond acceptors (Lipinski definition) is 1. The van der Waals surface area contributed by atoms with Gasteiger partial charge >= 0.3 is 6.18 Å². The summed E-state index contributed by atoms with van der Waals surface area (Å²) < 4.78 is 37.1. The Balaban J connectivity index is 0.00000162. The number of likely N-dealkylation sites (tertiary alicyclic amines) is 1. The molecule has 0 unspecified atom stereocenters. The predicted octanol–water partition coefficient (Wildman–Crippen LogP) is 4.11. The number of nitrogens with zero attached hydrogens (tertiary/aromatic N) is 1. The van der Waals surface area contributed by atoms with Crippen molar-refractivity contribution < 1.29 is 13.2 Å². The average Bonchev–Trinajstić information content (AvgIpc) is 2.30. The zero-order chi connectivity index (χ0) is 12.3. The van der Waals surface area contributed by atoms with E-state index in [4.69, 9.17) is 0 Å². The zero-order valence-electron chi connectivity index (χ0n) is 10.0. The van der Waals surface area contributed by atoms with Gasteiger partial charge in [-0.2, -0.15) is 13.2 Å². The molecule has 0 atom stereocenters. The number of piperidine rings is 1. The molecule has 0 amide bonds. The zero-order valence-corrected chi connectivity index (χ0v) is 10.9. The fourth-order valence-electron chi connectivity index (χ4n) is 2.17. The minimum Gasteiger partial charge on any atom is -0.299 e. The maximum absolute atomic E-state index is 12.4. The van der Waals surface area contributed by atoms with Crippen LogP contribution in [-0.2, 0) is 12.7 Å². The van der Waals surface area contributed by atoms with E-state index in [1.807, 2.05) is 0 Å². The van der Waals surface area contributed by atoms with Gasteiger partial charge in [-0.1, -0.05) is 18.6 Å². The quantitative estimate of drug-likeness (QED) is 0.787. The van der Waals surface area contributed by atoms with E-state index in [1.165, 1.54) is 31.4 Å². The summed E-state index contributed by atoms with van der Waals surface area (Å²) in [6.07, 6.45) is -0.575. The standard InChI is InChI=1S/C13H16F3N.ClH/c14-13(15,16)12-6-4-11(5-7-12)10-17-8-2-1-3-9-17;/h4-7H,1-3,8-10H2;1H. The Bertz CT molecular complexity index is 355. The fourth-order valence-corrected chi connectivity index (χ4v) is 2.17. The molecule has 1 aromatic rings. The molecular weight excluding hydrogens is 263 g/mol. The van der Waals surface area contributed by atoms with E-state index in [0.29, 0.717) is 0 Å². The summed E-state index contributed by atoms with van der Waals surface area (Å²) in [5.74, 6) is 0. The summed E-state index contributed by atoms with van der Waals surface area (Å²) in [5, 5.41) is 0. The number of rotatable bonds is 2. The fraction of sp³-hybridized carbons (Fsp3) is 0.538. The lowest BCUT2D eigenvalue weighted by Crippen LogP contribution is -2.29.